The molecule has 0 saturated heterocycles. The second kappa shape index (κ2) is 6.83. The normalized spacial score (nSPS) is 15.3. The molecule has 5 nitrogen and oxygen atoms in total. The number of hydrogen-bond acceptors (Lipinski definition) is 4. The number of fused-ring (bicyclic) bond motifs is 1. The van der Waals surface area contributed by atoms with Gasteiger partial charge in [0.15, 0.2) is 0 Å². The average molecular weight is 332 g/mol. The number of hydrogen-bond donors (Lipinski definition) is 1. The molecular formula is C17H24N4OS. The molecule has 2 heterocycles. The van der Waals surface area contributed by atoms with Crippen molar-refractivity contribution in [3.63, 3.8) is 0 Å². The molecule has 1 aliphatic carbocycles. The van der Waals surface area contributed by atoms with E-state index in [-0.39, 0.29) is 11.9 Å². The minimum absolute atomic E-state index is 0.0116. The first kappa shape index (κ1) is 16.2. The maximum absolute atomic E-state index is 12.3. The molecule has 0 spiro atoms. The fourth-order valence-electron chi connectivity index (χ4n) is 3.10. The number of thiazole rings is 1. The summed E-state index contributed by atoms with van der Waals surface area (Å²) in [5.74, 6) is 0.0116. The molecule has 1 N–H and O–H groups in total. The number of aryl methyl sites for hydroxylation is 4. The number of amides is 1. The highest BCUT2D eigenvalue weighted by Crippen LogP contribution is 2.26. The van der Waals surface area contributed by atoms with E-state index in [0.717, 1.165) is 29.2 Å². The minimum atomic E-state index is -0.284. The van der Waals surface area contributed by atoms with Gasteiger partial charge in [-0.2, -0.15) is 5.10 Å². The zero-order valence-electron chi connectivity index (χ0n) is 14.1. The maximum Gasteiger partial charge on any atom is 0.244 e. The number of carbonyl (C=O) groups excluding carboxylic acids is 1. The van der Waals surface area contributed by atoms with Crippen LogP contribution in [0.2, 0.25) is 0 Å². The SMILES string of the molecule is Cc1cc(C)n(C(C)C(=O)NCCc2nc3c(s2)CCCC3)n1. The fraction of sp³-hybridized carbons (Fsp3) is 0.588. The largest absolute Gasteiger partial charge is 0.354 e. The molecular weight excluding hydrogens is 308 g/mol. The molecule has 1 atom stereocenters. The Labute approximate surface area is 141 Å². The van der Waals surface area contributed by atoms with E-state index in [9.17, 15) is 4.79 Å². The van der Waals surface area contributed by atoms with Crippen molar-refractivity contribution < 1.29 is 4.79 Å². The Balaban J connectivity index is 1.53. The van der Waals surface area contributed by atoms with Crippen molar-refractivity contribution in [2.24, 2.45) is 0 Å². The van der Waals surface area contributed by atoms with E-state index in [0.29, 0.717) is 6.54 Å². The highest BCUT2D eigenvalue weighted by atomic mass is 32.1. The molecule has 124 valence electrons. The lowest BCUT2D eigenvalue weighted by Gasteiger charge is -2.14. The Morgan fingerprint density at radius 1 is 1.39 bits per heavy atom. The number of carbonyl (C=O) groups is 1. The number of aromatic nitrogens is 3. The summed E-state index contributed by atoms with van der Waals surface area (Å²) < 4.78 is 1.78. The lowest BCUT2D eigenvalue weighted by molar-refractivity contribution is -0.124. The smallest absolute Gasteiger partial charge is 0.244 e. The van der Waals surface area contributed by atoms with Gasteiger partial charge >= 0.3 is 0 Å². The van der Waals surface area contributed by atoms with E-state index in [4.69, 9.17) is 4.98 Å². The van der Waals surface area contributed by atoms with E-state index in [1.165, 1.54) is 29.8 Å². The Bertz CT molecular complexity index is 680. The van der Waals surface area contributed by atoms with Crippen LogP contribution in [0.3, 0.4) is 0 Å². The summed E-state index contributed by atoms with van der Waals surface area (Å²) in [5.41, 5.74) is 3.24. The van der Waals surface area contributed by atoms with E-state index in [1.54, 1.807) is 4.68 Å². The summed E-state index contributed by atoms with van der Waals surface area (Å²) in [6.45, 7) is 6.44. The molecule has 1 unspecified atom stereocenters. The van der Waals surface area contributed by atoms with Crippen LogP contribution in [-0.2, 0) is 24.1 Å². The van der Waals surface area contributed by atoms with Crippen LogP contribution in [0.5, 0.6) is 0 Å². The highest BCUT2D eigenvalue weighted by molar-refractivity contribution is 7.11. The lowest BCUT2D eigenvalue weighted by Crippen LogP contribution is -2.33. The van der Waals surface area contributed by atoms with Crippen LogP contribution in [0.15, 0.2) is 6.07 Å². The first-order chi connectivity index (χ1) is 11.0. The van der Waals surface area contributed by atoms with Gasteiger partial charge < -0.3 is 5.32 Å². The molecule has 6 heteroatoms. The van der Waals surface area contributed by atoms with Crippen LogP contribution in [0.4, 0.5) is 0 Å². The van der Waals surface area contributed by atoms with Crippen LogP contribution in [-0.4, -0.2) is 27.2 Å². The zero-order valence-corrected chi connectivity index (χ0v) is 14.9. The van der Waals surface area contributed by atoms with Gasteiger partial charge in [0.1, 0.15) is 6.04 Å². The van der Waals surface area contributed by atoms with Crippen LogP contribution in [0.25, 0.3) is 0 Å². The Morgan fingerprint density at radius 2 is 2.17 bits per heavy atom. The van der Waals surface area contributed by atoms with Crippen LogP contribution in [0.1, 0.15) is 52.8 Å². The van der Waals surface area contributed by atoms with E-state index in [2.05, 4.69) is 10.4 Å². The molecule has 23 heavy (non-hydrogen) atoms. The monoisotopic (exact) mass is 332 g/mol. The van der Waals surface area contributed by atoms with Crippen LogP contribution >= 0.6 is 11.3 Å². The number of nitrogens with one attached hydrogen (secondary N) is 1. The molecule has 0 bridgehead atoms. The predicted octanol–water partition coefficient (Wildman–Crippen LogP) is 2.76. The maximum atomic E-state index is 12.3. The molecule has 2 aromatic heterocycles. The van der Waals surface area contributed by atoms with E-state index < -0.39 is 0 Å². The van der Waals surface area contributed by atoms with Gasteiger partial charge in [0.05, 0.1) is 16.4 Å². The number of nitrogens with zero attached hydrogens (tertiary/aromatic N) is 3. The molecule has 2 aromatic rings. The predicted molar refractivity (Wildman–Crippen MR) is 91.9 cm³/mol. The number of rotatable bonds is 5. The van der Waals surface area contributed by atoms with E-state index >= 15 is 0 Å². The van der Waals surface area contributed by atoms with Crippen molar-refractivity contribution in [2.45, 2.75) is 58.9 Å². The fourth-order valence-corrected chi connectivity index (χ4v) is 4.26. The molecule has 1 aliphatic rings. The summed E-state index contributed by atoms with van der Waals surface area (Å²) in [5, 5.41) is 8.55. The van der Waals surface area contributed by atoms with Crippen molar-refractivity contribution >= 4 is 17.2 Å². The van der Waals surface area contributed by atoms with Gasteiger partial charge in [-0.05, 0) is 52.5 Å². The second-order valence-corrected chi connectivity index (χ2v) is 7.44. The van der Waals surface area contributed by atoms with Gasteiger partial charge in [-0.15, -0.1) is 11.3 Å². The molecule has 0 aromatic carbocycles. The summed E-state index contributed by atoms with van der Waals surface area (Å²) in [6.07, 6.45) is 5.65. The third-order valence-electron chi connectivity index (χ3n) is 4.32. The Kier molecular flexibility index (Phi) is 4.80. The Morgan fingerprint density at radius 3 is 2.87 bits per heavy atom. The van der Waals surface area contributed by atoms with Crippen molar-refractivity contribution in [2.75, 3.05) is 6.54 Å². The van der Waals surface area contributed by atoms with Crippen LogP contribution in [0, 0.1) is 13.8 Å². The topological polar surface area (TPSA) is 59.8 Å². The van der Waals surface area contributed by atoms with Gasteiger partial charge in [0.2, 0.25) is 5.91 Å². The molecule has 0 aliphatic heterocycles. The summed E-state index contributed by atoms with van der Waals surface area (Å²) in [4.78, 5) is 18.5. The van der Waals surface area contributed by atoms with Crippen molar-refractivity contribution in [3.8, 4) is 0 Å². The van der Waals surface area contributed by atoms with Gasteiger partial charge in [-0.1, -0.05) is 0 Å². The standard InChI is InChI=1S/C17H24N4OS/c1-11-10-12(2)21(20-11)13(3)17(22)18-9-8-16-19-14-6-4-5-7-15(14)23-16/h10,13H,4-9H2,1-3H3,(H,18,22). The summed E-state index contributed by atoms with van der Waals surface area (Å²) in [7, 11) is 0. The van der Waals surface area contributed by atoms with Gasteiger partial charge in [0, 0.05) is 23.5 Å². The van der Waals surface area contributed by atoms with Crippen molar-refractivity contribution in [1.29, 1.82) is 0 Å². The quantitative estimate of drug-likeness (QED) is 0.916. The third kappa shape index (κ3) is 3.63. The van der Waals surface area contributed by atoms with Crippen molar-refractivity contribution in [1.82, 2.24) is 20.1 Å². The molecule has 0 saturated carbocycles. The van der Waals surface area contributed by atoms with Gasteiger partial charge in [-0.25, -0.2) is 4.98 Å². The van der Waals surface area contributed by atoms with Gasteiger partial charge in [0.25, 0.3) is 0 Å². The minimum Gasteiger partial charge on any atom is -0.354 e. The van der Waals surface area contributed by atoms with E-state index in [1.807, 2.05) is 38.2 Å². The second-order valence-electron chi connectivity index (χ2n) is 6.27. The third-order valence-corrected chi connectivity index (χ3v) is 5.54. The summed E-state index contributed by atoms with van der Waals surface area (Å²) in [6, 6.07) is 1.71. The van der Waals surface area contributed by atoms with Gasteiger partial charge in [-0.3, -0.25) is 9.48 Å². The first-order valence-corrected chi connectivity index (χ1v) is 9.14. The summed E-state index contributed by atoms with van der Waals surface area (Å²) >= 11 is 1.82. The molecule has 1 amide bonds. The molecule has 0 fully saturated rings. The van der Waals surface area contributed by atoms with Crippen molar-refractivity contribution in [3.05, 3.63) is 33.0 Å². The highest BCUT2D eigenvalue weighted by Gasteiger charge is 2.18. The zero-order chi connectivity index (χ0) is 16.4. The average Bonchev–Trinajstić information content (AvgIpc) is 3.08. The first-order valence-electron chi connectivity index (χ1n) is 8.32. The molecule has 3 rings (SSSR count). The lowest BCUT2D eigenvalue weighted by atomic mass is 10.0. The van der Waals surface area contributed by atoms with Crippen LogP contribution < -0.4 is 5.32 Å². The Hall–Kier alpha value is -1.69. The molecule has 0 radical (unpaired) electrons.